The fourth-order valence-corrected chi connectivity index (χ4v) is 2.90. The van der Waals surface area contributed by atoms with Gasteiger partial charge in [0.1, 0.15) is 22.8 Å². The van der Waals surface area contributed by atoms with Gasteiger partial charge in [-0.3, -0.25) is 0 Å². The maximum atomic E-state index is 5.99. The van der Waals surface area contributed by atoms with Crippen LogP contribution in [0.25, 0.3) is 33.4 Å². The standard InChI is InChI=1S/C22H18O3/c1-23-19-8-3-15(4-9-19)17-7-12-21-18(13-17)14-22(25-21)16-5-10-20(24-2)11-6-16/h3-14H,1-2H3. The fourth-order valence-electron chi connectivity index (χ4n) is 2.90. The molecule has 0 aliphatic rings. The molecule has 1 aromatic heterocycles. The molecule has 0 aliphatic heterocycles. The third kappa shape index (κ3) is 2.96. The van der Waals surface area contributed by atoms with Crippen molar-refractivity contribution >= 4 is 11.0 Å². The average molecular weight is 330 g/mol. The van der Waals surface area contributed by atoms with Crippen LogP contribution in [-0.4, -0.2) is 14.2 Å². The zero-order chi connectivity index (χ0) is 17.2. The zero-order valence-electron chi connectivity index (χ0n) is 14.2. The Bertz CT molecular complexity index is 950. The first-order valence-electron chi connectivity index (χ1n) is 8.09. The minimum Gasteiger partial charge on any atom is -0.497 e. The van der Waals surface area contributed by atoms with E-state index in [1.807, 2.05) is 42.5 Å². The molecule has 4 rings (SSSR count). The summed E-state index contributed by atoms with van der Waals surface area (Å²) in [6.45, 7) is 0. The van der Waals surface area contributed by atoms with Crippen molar-refractivity contribution in [1.29, 1.82) is 0 Å². The van der Waals surface area contributed by atoms with Crippen molar-refractivity contribution in [3.8, 4) is 33.9 Å². The quantitative estimate of drug-likeness (QED) is 0.475. The Labute approximate surface area is 146 Å². The third-order valence-electron chi connectivity index (χ3n) is 4.31. The maximum Gasteiger partial charge on any atom is 0.135 e. The molecule has 0 bridgehead atoms. The number of ether oxygens (including phenoxy) is 2. The van der Waals surface area contributed by atoms with Crippen LogP contribution in [0.3, 0.4) is 0 Å². The minimum absolute atomic E-state index is 0.835. The second-order valence-electron chi connectivity index (χ2n) is 5.82. The van der Waals surface area contributed by atoms with Crippen molar-refractivity contribution < 1.29 is 13.9 Å². The van der Waals surface area contributed by atoms with E-state index in [2.05, 4.69) is 30.3 Å². The predicted molar refractivity (Wildman–Crippen MR) is 100 cm³/mol. The fraction of sp³-hybridized carbons (Fsp3) is 0.0909. The van der Waals surface area contributed by atoms with Crippen molar-refractivity contribution in [2.24, 2.45) is 0 Å². The summed E-state index contributed by atoms with van der Waals surface area (Å²) in [6.07, 6.45) is 0. The highest BCUT2D eigenvalue weighted by Gasteiger charge is 2.08. The van der Waals surface area contributed by atoms with E-state index < -0.39 is 0 Å². The Balaban J connectivity index is 1.70. The molecule has 4 aromatic rings. The van der Waals surface area contributed by atoms with E-state index in [1.54, 1.807) is 14.2 Å². The van der Waals surface area contributed by atoms with Gasteiger partial charge in [0.25, 0.3) is 0 Å². The first kappa shape index (κ1) is 15.3. The number of hydrogen-bond acceptors (Lipinski definition) is 3. The summed E-state index contributed by atoms with van der Waals surface area (Å²) in [5.41, 5.74) is 4.21. The third-order valence-corrected chi connectivity index (χ3v) is 4.31. The molecule has 0 saturated heterocycles. The lowest BCUT2D eigenvalue weighted by Gasteiger charge is -2.03. The van der Waals surface area contributed by atoms with Crippen LogP contribution in [0.2, 0.25) is 0 Å². The van der Waals surface area contributed by atoms with E-state index in [0.717, 1.165) is 44.9 Å². The van der Waals surface area contributed by atoms with Crippen LogP contribution >= 0.6 is 0 Å². The average Bonchev–Trinajstić information content (AvgIpc) is 3.11. The monoisotopic (exact) mass is 330 g/mol. The summed E-state index contributed by atoms with van der Waals surface area (Å²) in [4.78, 5) is 0. The number of furan rings is 1. The Morgan fingerprint density at radius 1 is 0.600 bits per heavy atom. The first-order valence-corrected chi connectivity index (χ1v) is 8.09. The predicted octanol–water partition coefficient (Wildman–Crippen LogP) is 5.78. The number of benzene rings is 3. The van der Waals surface area contributed by atoms with Crippen molar-refractivity contribution in [2.45, 2.75) is 0 Å². The number of rotatable bonds is 4. The van der Waals surface area contributed by atoms with Crippen molar-refractivity contribution in [3.63, 3.8) is 0 Å². The van der Waals surface area contributed by atoms with Gasteiger partial charge in [0, 0.05) is 10.9 Å². The highest BCUT2D eigenvalue weighted by molar-refractivity contribution is 5.87. The Morgan fingerprint density at radius 2 is 1.16 bits per heavy atom. The van der Waals surface area contributed by atoms with Gasteiger partial charge >= 0.3 is 0 Å². The van der Waals surface area contributed by atoms with Gasteiger partial charge in [-0.2, -0.15) is 0 Å². The van der Waals surface area contributed by atoms with Gasteiger partial charge in [-0.15, -0.1) is 0 Å². The Hall–Kier alpha value is -3.20. The molecule has 3 heteroatoms. The van der Waals surface area contributed by atoms with Crippen molar-refractivity contribution in [2.75, 3.05) is 14.2 Å². The van der Waals surface area contributed by atoms with Crippen LogP contribution in [0.4, 0.5) is 0 Å². The molecule has 0 aliphatic carbocycles. The lowest BCUT2D eigenvalue weighted by Crippen LogP contribution is -1.82. The lowest BCUT2D eigenvalue weighted by molar-refractivity contribution is 0.414. The second-order valence-corrected chi connectivity index (χ2v) is 5.82. The largest absolute Gasteiger partial charge is 0.497 e. The van der Waals surface area contributed by atoms with Crippen molar-refractivity contribution in [1.82, 2.24) is 0 Å². The van der Waals surface area contributed by atoms with Gasteiger partial charge in [-0.1, -0.05) is 18.2 Å². The number of fused-ring (bicyclic) bond motifs is 1. The number of hydrogen-bond donors (Lipinski definition) is 0. The minimum atomic E-state index is 0.835. The molecule has 124 valence electrons. The molecular weight excluding hydrogens is 312 g/mol. The normalized spacial score (nSPS) is 10.8. The molecule has 3 aromatic carbocycles. The summed E-state index contributed by atoms with van der Waals surface area (Å²) in [5, 5.41) is 1.08. The molecule has 0 fully saturated rings. The summed E-state index contributed by atoms with van der Waals surface area (Å²) in [7, 11) is 3.34. The van der Waals surface area contributed by atoms with Crippen LogP contribution in [0.1, 0.15) is 0 Å². The van der Waals surface area contributed by atoms with E-state index in [9.17, 15) is 0 Å². The summed E-state index contributed by atoms with van der Waals surface area (Å²) >= 11 is 0. The van der Waals surface area contributed by atoms with Crippen LogP contribution < -0.4 is 9.47 Å². The van der Waals surface area contributed by atoms with E-state index >= 15 is 0 Å². The molecule has 0 atom stereocenters. The number of methoxy groups -OCH3 is 2. The SMILES string of the molecule is COc1ccc(-c2ccc3oc(-c4ccc(OC)cc4)cc3c2)cc1. The van der Waals surface area contributed by atoms with Gasteiger partial charge in [-0.25, -0.2) is 0 Å². The molecule has 0 amide bonds. The van der Waals surface area contributed by atoms with Gasteiger partial charge in [0.2, 0.25) is 0 Å². The molecule has 0 spiro atoms. The van der Waals surface area contributed by atoms with Crippen LogP contribution in [0, 0.1) is 0 Å². The van der Waals surface area contributed by atoms with Gasteiger partial charge < -0.3 is 13.9 Å². The Kier molecular flexibility index (Phi) is 3.90. The summed E-state index contributed by atoms with van der Waals surface area (Å²) in [6, 6.07) is 24.2. The highest BCUT2D eigenvalue weighted by atomic mass is 16.5. The smallest absolute Gasteiger partial charge is 0.135 e. The molecule has 3 nitrogen and oxygen atoms in total. The zero-order valence-corrected chi connectivity index (χ0v) is 14.2. The summed E-state index contributed by atoms with van der Waals surface area (Å²) in [5.74, 6) is 2.54. The van der Waals surface area contributed by atoms with Crippen LogP contribution in [-0.2, 0) is 0 Å². The summed E-state index contributed by atoms with van der Waals surface area (Å²) < 4.78 is 16.4. The highest BCUT2D eigenvalue weighted by Crippen LogP contribution is 2.32. The van der Waals surface area contributed by atoms with E-state index in [-0.39, 0.29) is 0 Å². The molecule has 0 saturated carbocycles. The topological polar surface area (TPSA) is 31.6 Å². The maximum absolute atomic E-state index is 5.99. The van der Waals surface area contributed by atoms with Crippen LogP contribution in [0.5, 0.6) is 11.5 Å². The van der Waals surface area contributed by atoms with Crippen molar-refractivity contribution in [3.05, 3.63) is 72.8 Å². The van der Waals surface area contributed by atoms with Gasteiger partial charge in [-0.05, 0) is 65.7 Å². The lowest BCUT2D eigenvalue weighted by atomic mass is 10.0. The Morgan fingerprint density at radius 3 is 1.76 bits per heavy atom. The van der Waals surface area contributed by atoms with E-state index in [4.69, 9.17) is 13.9 Å². The molecule has 0 N–H and O–H groups in total. The first-order chi connectivity index (χ1) is 12.3. The van der Waals surface area contributed by atoms with Gasteiger partial charge in [0.05, 0.1) is 14.2 Å². The molecule has 0 radical (unpaired) electrons. The molecule has 25 heavy (non-hydrogen) atoms. The second kappa shape index (κ2) is 6.36. The molecule has 1 heterocycles. The van der Waals surface area contributed by atoms with Crippen LogP contribution in [0.15, 0.2) is 77.2 Å². The van der Waals surface area contributed by atoms with E-state index in [0.29, 0.717) is 0 Å². The molecule has 0 unspecified atom stereocenters. The van der Waals surface area contributed by atoms with Gasteiger partial charge in [0.15, 0.2) is 0 Å². The molecular formula is C22H18O3. The van der Waals surface area contributed by atoms with E-state index in [1.165, 1.54) is 0 Å².